The maximum Gasteiger partial charge on any atom is 0.231 e. The van der Waals surface area contributed by atoms with Crippen molar-refractivity contribution in [1.82, 2.24) is 9.55 Å². The van der Waals surface area contributed by atoms with Gasteiger partial charge >= 0.3 is 0 Å². The van der Waals surface area contributed by atoms with Crippen LogP contribution < -0.4 is 23.8 Å². The SMILES string of the molecule is C=CCc1ccc(OCCn2c(C3CC(=O)N(c4ccc5c(c4)OCO5)C3)nc3ccccc32)c(OC)c1. The predicted molar refractivity (Wildman–Crippen MR) is 144 cm³/mol. The summed E-state index contributed by atoms with van der Waals surface area (Å²) in [7, 11) is 1.64. The van der Waals surface area contributed by atoms with Crippen LogP contribution in [0, 0.1) is 0 Å². The molecule has 0 saturated carbocycles. The zero-order chi connectivity index (χ0) is 26.1. The maximum absolute atomic E-state index is 13.1. The topological polar surface area (TPSA) is 75.1 Å². The zero-order valence-corrected chi connectivity index (χ0v) is 21.3. The summed E-state index contributed by atoms with van der Waals surface area (Å²) >= 11 is 0. The highest BCUT2D eigenvalue weighted by atomic mass is 16.7. The number of carbonyl (C=O) groups excluding carboxylic acids is 1. The van der Waals surface area contributed by atoms with Gasteiger partial charge in [-0.1, -0.05) is 24.3 Å². The molecular weight excluding hydrogens is 482 g/mol. The van der Waals surface area contributed by atoms with Crippen molar-refractivity contribution in [2.45, 2.75) is 25.3 Å². The van der Waals surface area contributed by atoms with Crippen molar-refractivity contribution < 1.29 is 23.7 Å². The molecular formula is C30H29N3O5. The molecule has 0 N–H and O–H groups in total. The van der Waals surface area contributed by atoms with Crippen molar-refractivity contribution in [3.05, 3.63) is 84.7 Å². The van der Waals surface area contributed by atoms with E-state index in [9.17, 15) is 4.79 Å². The highest BCUT2D eigenvalue weighted by Crippen LogP contribution is 2.39. The van der Waals surface area contributed by atoms with E-state index in [1.807, 2.05) is 65.6 Å². The Morgan fingerprint density at radius 3 is 2.82 bits per heavy atom. The number of hydrogen-bond donors (Lipinski definition) is 0. The molecule has 6 rings (SSSR count). The molecule has 8 nitrogen and oxygen atoms in total. The maximum atomic E-state index is 13.1. The second kappa shape index (κ2) is 10.1. The van der Waals surface area contributed by atoms with Gasteiger partial charge in [-0.3, -0.25) is 4.79 Å². The molecule has 4 aromatic rings. The van der Waals surface area contributed by atoms with Gasteiger partial charge in [0.05, 0.1) is 24.7 Å². The number of para-hydroxylation sites is 2. The lowest BCUT2D eigenvalue weighted by atomic mass is 10.1. The van der Waals surface area contributed by atoms with Crippen molar-refractivity contribution in [2.24, 2.45) is 0 Å². The quantitative estimate of drug-likeness (QED) is 0.291. The van der Waals surface area contributed by atoms with Gasteiger partial charge in [-0.25, -0.2) is 4.98 Å². The molecule has 0 radical (unpaired) electrons. The van der Waals surface area contributed by atoms with Crippen molar-refractivity contribution >= 4 is 22.6 Å². The van der Waals surface area contributed by atoms with Crippen molar-refractivity contribution in [3.8, 4) is 23.0 Å². The van der Waals surface area contributed by atoms with E-state index in [1.54, 1.807) is 7.11 Å². The molecule has 0 spiro atoms. The van der Waals surface area contributed by atoms with Gasteiger partial charge in [-0.05, 0) is 48.4 Å². The number of ether oxygens (including phenoxy) is 4. The fourth-order valence-corrected chi connectivity index (χ4v) is 5.20. The highest BCUT2D eigenvalue weighted by molar-refractivity contribution is 5.97. The summed E-state index contributed by atoms with van der Waals surface area (Å²) in [5.41, 5.74) is 3.85. The molecule has 194 valence electrons. The number of carbonyl (C=O) groups is 1. The predicted octanol–water partition coefficient (Wildman–Crippen LogP) is 5.10. The minimum Gasteiger partial charge on any atom is -0.493 e. The van der Waals surface area contributed by atoms with Gasteiger partial charge < -0.3 is 28.4 Å². The number of hydrogen-bond acceptors (Lipinski definition) is 6. The average Bonchev–Trinajstić information content (AvgIpc) is 3.66. The van der Waals surface area contributed by atoms with Gasteiger partial charge in [-0.15, -0.1) is 6.58 Å². The Kier molecular flexibility index (Phi) is 6.37. The van der Waals surface area contributed by atoms with Crippen LogP contribution in [0.15, 0.2) is 73.3 Å². The number of benzene rings is 3. The van der Waals surface area contributed by atoms with Crippen LogP contribution in [0.5, 0.6) is 23.0 Å². The summed E-state index contributed by atoms with van der Waals surface area (Å²) in [6, 6.07) is 19.6. The molecule has 1 atom stereocenters. The lowest BCUT2D eigenvalue weighted by Crippen LogP contribution is -2.24. The highest BCUT2D eigenvalue weighted by Gasteiger charge is 2.35. The van der Waals surface area contributed by atoms with Crippen molar-refractivity contribution in [2.75, 3.05) is 32.0 Å². The third kappa shape index (κ3) is 4.42. The van der Waals surface area contributed by atoms with Gasteiger partial charge in [-0.2, -0.15) is 0 Å². The molecule has 0 bridgehead atoms. The third-order valence-corrected chi connectivity index (χ3v) is 7.02. The molecule has 1 saturated heterocycles. The molecule has 3 aromatic carbocycles. The Morgan fingerprint density at radius 1 is 1.08 bits per heavy atom. The van der Waals surface area contributed by atoms with Crippen LogP contribution in [0.1, 0.15) is 23.7 Å². The second-order valence-corrected chi connectivity index (χ2v) is 9.38. The number of amides is 1. The Bertz CT molecular complexity index is 1510. The van der Waals surface area contributed by atoms with E-state index in [2.05, 4.69) is 17.2 Å². The number of nitrogens with zero attached hydrogens (tertiary/aromatic N) is 3. The van der Waals surface area contributed by atoms with Gasteiger partial charge in [0.15, 0.2) is 23.0 Å². The fourth-order valence-electron chi connectivity index (χ4n) is 5.20. The number of rotatable bonds is 9. The van der Waals surface area contributed by atoms with Gasteiger partial charge in [0.25, 0.3) is 0 Å². The number of fused-ring (bicyclic) bond motifs is 2. The van der Waals surface area contributed by atoms with Crippen LogP contribution in [0.25, 0.3) is 11.0 Å². The Morgan fingerprint density at radius 2 is 1.95 bits per heavy atom. The zero-order valence-electron chi connectivity index (χ0n) is 21.3. The van der Waals surface area contributed by atoms with Crippen molar-refractivity contribution in [1.29, 1.82) is 0 Å². The molecule has 1 aromatic heterocycles. The Balaban J connectivity index is 1.23. The van der Waals surface area contributed by atoms with E-state index < -0.39 is 0 Å². The van der Waals surface area contributed by atoms with E-state index in [-0.39, 0.29) is 18.6 Å². The van der Waals surface area contributed by atoms with Crippen LogP contribution in [0.3, 0.4) is 0 Å². The Labute approximate surface area is 221 Å². The van der Waals surface area contributed by atoms with Crippen LogP contribution in [0.4, 0.5) is 5.69 Å². The van der Waals surface area contributed by atoms with E-state index >= 15 is 0 Å². The normalized spacial score (nSPS) is 16.3. The molecule has 1 fully saturated rings. The minimum absolute atomic E-state index is 0.0481. The first kappa shape index (κ1) is 23.9. The van der Waals surface area contributed by atoms with Gasteiger partial charge in [0.1, 0.15) is 12.4 Å². The summed E-state index contributed by atoms with van der Waals surface area (Å²) in [5, 5.41) is 0. The largest absolute Gasteiger partial charge is 0.493 e. The smallest absolute Gasteiger partial charge is 0.231 e. The van der Waals surface area contributed by atoms with E-state index in [0.717, 1.165) is 34.5 Å². The lowest BCUT2D eigenvalue weighted by molar-refractivity contribution is -0.117. The van der Waals surface area contributed by atoms with Gasteiger partial charge in [0, 0.05) is 30.6 Å². The number of anilines is 1. The molecule has 2 aliphatic rings. The summed E-state index contributed by atoms with van der Waals surface area (Å²) in [4.78, 5) is 19.9. The first-order chi connectivity index (χ1) is 18.6. The van der Waals surface area contributed by atoms with Gasteiger partial charge in [0.2, 0.25) is 12.7 Å². The van der Waals surface area contributed by atoms with E-state index in [4.69, 9.17) is 23.9 Å². The molecule has 1 amide bonds. The molecule has 3 heterocycles. The summed E-state index contributed by atoms with van der Waals surface area (Å²) in [5.74, 6) is 3.65. The summed E-state index contributed by atoms with van der Waals surface area (Å²) in [6.45, 7) is 5.56. The average molecular weight is 512 g/mol. The van der Waals surface area contributed by atoms with Crippen LogP contribution in [0.2, 0.25) is 0 Å². The third-order valence-electron chi connectivity index (χ3n) is 7.02. The fraction of sp³-hybridized carbons (Fsp3) is 0.267. The monoisotopic (exact) mass is 511 g/mol. The number of aromatic nitrogens is 2. The number of imidazole rings is 1. The van der Waals surface area contributed by atoms with Crippen LogP contribution in [-0.4, -0.2) is 42.5 Å². The van der Waals surface area contributed by atoms with Crippen molar-refractivity contribution in [3.63, 3.8) is 0 Å². The minimum atomic E-state index is -0.0481. The van der Waals surface area contributed by atoms with E-state index in [0.29, 0.717) is 49.1 Å². The van der Waals surface area contributed by atoms with Crippen LogP contribution in [-0.2, 0) is 17.8 Å². The first-order valence-electron chi connectivity index (χ1n) is 12.7. The molecule has 0 aliphatic carbocycles. The number of allylic oxidation sites excluding steroid dienone is 1. The lowest BCUT2D eigenvalue weighted by Gasteiger charge is -2.18. The standard InChI is InChI=1S/C30H29N3O5/c1-3-6-20-9-11-25(27(15-20)35-2)36-14-13-32-24-8-5-4-7-23(24)31-30(32)21-16-29(34)33(18-21)22-10-12-26-28(17-22)38-19-37-26/h3-5,7-12,15,17,21H,1,6,13-14,16,18-19H2,2H3. The molecule has 38 heavy (non-hydrogen) atoms. The Hall–Kier alpha value is -4.46. The molecule has 8 heteroatoms. The summed E-state index contributed by atoms with van der Waals surface area (Å²) in [6.07, 6.45) is 3.02. The second-order valence-electron chi connectivity index (χ2n) is 9.38. The number of methoxy groups -OCH3 is 1. The van der Waals surface area contributed by atoms with E-state index in [1.165, 1.54) is 0 Å². The van der Waals surface area contributed by atoms with Crippen LogP contribution >= 0.6 is 0 Å². The summed E-state index contributed by atoms with van der Waals surface area (Å²) < 4.78 is 24.8. The first-order valence-corrected chi connectivity index (χ1v) is 12.7. The molecule has 2 aliphatic heterocycles. The molecule has 1 unspecified atom stereocenters.